The van der Waals surface area contributed by atoms with Crippen LogP contribution in [0, 0.1) is 6.92 Å². The van der Waals surface area contributed by atoms with Crippen molar-refractivity contribution in [3.63, 3.8) is 0 Å². The van der Waals surface area contributed by atoms with Crippen LogP contribution >= 0.6 is 11.6 Å². The van der Waals surface area contributed by atoms with Gasteiger partial charge in [0.25, 0.3) is 0 Å². The van der Waals surface area contributed by atoms with Gasteiger partial charge in [-0.15, -0.1) is 0 Å². The van der Waals surface area contributed by atoms with Crippen LogP contribution in [0.5, 0.6) is 0 Å². The molecule has 0 spiro atoms. The molecule has 4 nitrogen and oxygen atoms in total. The van der Waals surface area contributed by atoms with Crippen LogP contribution in [-0.2, 0) is 11.8 Å². The van der Waals surface area contributed by atoms with Crippen molar-refractivity contribution in [2.45, 2.75) is 6.92 Å². The van der Waals surface area contributed by atoms with Gasteiger partial charge in [0.05, 0.1) is 11.2 Å². The number of rotatable bonds is 3. The molecular formula is C16H15ClN3NaO. The number of benzene rings is 1. The number of hydrogen-bond acceptors (Lipinski definition) is 2. The van der Waals surface area contributed by atoms with Gasteiger partial charge in [0.2, 0.25) is 0 Å². The Morgan fingerprint density at radius 1 is 1.27 bits per heavy atom. The Morgan fingerprint density at radius 3 is 2.77 bits per heavy atom. The van der Waals surface area contributed by atoms with Crippen molar-refractivity contribution in [1.82, 2.24) is 14.3 Å². The van der Waals surface area contributed by atoms with Crippen molar-refractivity contribution in [3.8, 4) is 5.82 Å². The molecule has 2 heterocycles. The Labute approximate surface area is 155 Å². The number of halogens is 1. The number of aryl methyl sites for hydroxylation is 2. The van der Waals surface area contributed by atoms with Crippen LogP contribution < -0.4 is 0 Å². The number of allylic oxidation sites excluding steroid dienone is 1. The van der Waals surface area contributed by atoms with Gasteiger partial charge < -0.3 is 4.57 Å². The fourth-order valence-electron chi connectivity index (χ4n) is 2.58. The molecule has 0 amide bonds. The van der Waals surface area contributed by atoms with Crippen molar-refractivity contribution >= 4 is 64.4 Å². The van der Waals surface area contributed by atoms with Crippen molar-refractivity contribution < 1.29 is 4.79 Å². The topological polar surface area (TPSA) is 39.8 Å². The molecule has 0 unspecified atom stereocenters. The van der Waals surface area contributed by atoms with Crippen molar-refractivity contribution in [2.24, 2.45) is 7.05 Å². The van der Waals surface area contributed by atoms with Gasteiger partial charge >= 0.3 is 29.6 Å². The van der Waals surface area contributed by atoms with E-state index in [0.717, 1.165) is 34.3 Å². The van der Waals surface area contributed by atoms with Crippen LogP contribution in [-0.4, -0.2) is 50.2 Å². The normalized spacial score (nSPS) is 11.0. The molecule has 22 heavy (non-hydrogen) atoms. The third-order valence-electron chi connectivity index (χ3n) is 3.46. The van der Waals surface area contributed by atoms with E-state index in [-0.39, 0.29) is 29.6 Å². The standard InChI is InChI=1S/C16H14ClN3O.Na.H/c1-11-14(4-3-9-21)16(19(2)18-11)20-8-7-12-10-13(17)5-6-15(12)20;;/h3-10H,1-2H3;;/b4-3+;;. The molecule has 0 atom stereocenters. The Balaban J connectivity index is 0.00000176. The third kappa shape index (κ3) is 2.92. The van der Waals surface area contributed by atoms with Gasteiger partial charge in [-0.25, -0.2) is 0 Å². The Hall–Kier alpha value is -1.33. The summed E-state index contributed by atoms with van der Waals surface area (Å²) in [6, 6.07) is 7.78. The molecule has 0 aliphatic carbocycles. The third-order valence-corrected chi connectivity index (χ3v) is 3.69. The number of hydrogen-bond donors (Lipinski definition) is 0. The molecule has 2 aromatic heterocycles. The first-order valence-corrected chi connectivity index (χ1v) is 6.92. The Kier molecular flexibility index (Phi) is 5.29. The number of aldehydes is 1. The molecule has 0 radical (unpaired) electrons. The van der Waals surface area contributed by atoms with E-state index in [9.17, 15) is 4.79 Å². The molecule has 1 aromatic carbocycles. The van der Waals surface area contributed by atoms with Gasteiger partial charge in [-0.05, 0) is 43.3 Å². The quantitative estimate of drug-likeness (QED) is 0.422. The molecule has 0 fully saturated rings. The predicted molar refractivity (Wildman–Crippen MR) is 92.0 cm³/mol. The van der Waals surface area contributed by atoms with Crippen LogP contribution in [0.25, 0.3) is 22.8 Å². The fourth-order valence-corrected chi connectivity index (χ4v) is 2.76. The first kappa shape index (κ1) is 17.0. The summed E-state index contributed by atoms with van der Waals surface area (Å²) in [6.07, 6.45) is 6.02. The molecule has 0 bridgehead atoms. The fraction of sp³-hybridized carbons (Fsp3) is 0.125. The minimum absolute atomic E-state index is 0. The van der Waals surface area contributed by atoms with Crippen LogP contribution in [0.2, 0.25) is 5.02 Å². The summed E-state index contributed by atoms with van der Waals surface area (Å²) in [5.74, 6) is 0.919. The van der Waals surface area contributed by atoms with Gasteiger partial charge in [-0.1, -0.05) is 11.6 Å². The average molecular weight is 324 g/mol. The first-order valence-electron chi connectivity index (χ1n) is 6.54. The number of aromatic nitrogens is 3. The zero-order valence-electron chi connectivity index (χ0n) is 11.7. The second-order valence-corrected chi connectivity index (χ2v) is 5.27. The zero-order chi connectivity index (χ0) is 15.0. The second kappa shape index (κ2) is 6.84. The number of carbonyl (C=O) groups excluding carboxylic acids is 1. The number of nitrogens with zero attached hydrogens (tertiary/aromatic N) is 3. The molecule has 0 aliphatic rings. The van der Waals surface area contributed by atoms with Crippen LogP contribution in [0.4, 0.5) is 0 Å². The molecular weight excluding hydrogens is 309 g/mol. The van der Waals surface area contributed by atoms with E-state index in [1.807, 2.05) is 49.1 Å². The summed E-state index contributed by atoms with van der Waals surface area (Å²) in [7, 11) is 1.89. The zero-order valence-corrected chi connectivity index (χ0v) is 12.5. The molecule has 3 rings (SSSR count). The average Bonchev–Trinajstić information content (AvgIpc) is 2.96. The van der Waals surface area contributed by atoms with E-state index in [4.69, 9.17) is 11.6 Å². The summed E-state index contributed by atoms with van der Waals surface area (Å²) in [4.78, 5) is 10.6. The maximum atomic E-state index is 10.6. The Bertz CT molecular complexity index is 864. The molecule has 3 aromatic rings. The van der Waals surface area contributed by atoms with Gasteiger partial charge in [-0.3, -0.25) is 9.48 Å². The van der Waals surface area contributed by atoms with E-state index < -0.39 is 0 Å². The van der Waals surface area contributed by atoms with E-state index in [0.29, 0.717) is 5.02 Å². The van der Waals surface area contributed by atoms with Crippen LogP contribution in [0.1, 0.15) is 11.3 Å². The van der Waals surface area contributed by atoms with Gasteiger partial charge in [0.1, 0.15) is 12.1 Å². The van der Waals surface area contributed by atoms with Crippen molar-refractivity contribution in [3.05, 3.63) is 52.8 Å². The molecule has 6 heteroatoms. The van der Waals surface area contributed by atoms with Gasteiger partial charge in [0, 0.05) is 29.2 Å². The summed E-state index contributed by atoms with van der Waals surface area (Å²) in [6.45, 7) is 1.93. The summed E-state index contributed by atoms with van der Waals surface area (Å²) < 4.78 is 3.87. The summed E-state index contributed by atoms with van der Waals surface area (Å²) in [5.41, 5.74) is 2.85. The van der Waals surface area contributed by atoms with Crippen LogP contribution in [0.3, 0.4) is 0 Å². The predicted octanol–water partition coefficient (Wildman–Crippen LogP) is 2.89. The summed E-state index contributed by atoms with van der Waals surface area (Å²) >= 11 is 6.03. The van der Waals surface area contributed by atoms with Gasteiger partial charge in [0.15, 0.2) is 0 Å². The van der Waals surface area contributed by atoms with Crippen molar-refractivity contribution in [2.75, 3.05) is 0 Å². The van der Waals surface area contributed by atoms with Crippen LogP contribution in [0.15, 0.2) is 36.5 Å². The molecule has 0 N–H and O–H groups in total. The molecule has 0 saturated carbocycles. The van der Waals surface area contributed by atoms with E-state index >= 15 is 0 Å². The molecule has 108 valence electrons. The number of carbonyl (C=O) groups is 1. The van der Waals surface area contributed by atoms with Crippen molar-refractivity contribution in [1.29, 1.82) is 0 Å². The second-order valence-electron chi connectivity index (χ2n) is 4.83. The minimum atomic E-state index is 0. The molecule has 0 saturated heterocycles. The monoisotopic (exact) mass is 323 g/mol. The SMILES string of the molecule is Cc1nn(C)c(-n2ccc3cc(Cl)ccc32)c1/C=C/C=O.[NaH]. The van der Waals surface area contributed by atoms with E-state index in [1.165, 1.54) is 6.08 Å². The first-order chi connectivity index (χ1) is 10.1. The molecule has 0 aliphatic heterocycles. The number of fused-ring (bicyclic) bond motifs is 1. The van der Waals surface area contributed by atoms with Gasteiger partial charge in [-0.2, -0.15) is 5.10 Å². The summed E-state index contributed by atoms with van der Waals surface area (Å²) in [5, 5.41) is 6.22. The maximum absolute atomic E-state index is 10.6. The van der Waals surface area contributed by atoms with E-state index in [1.54, 1.807) is 6.08 Å². The Morgan fingerprint density at radius 2 is 2.05 bits per heavy atom. The van der Waals surface area contributed by atoms with E-state index in [2.05, 4.69) is 9.67 Å².